The van der Waals surface area contributed by atoms with Gasteiger partial charge in [-0.25, -0.2) is 8.42 Å². The first-order valence-electron chi connectivity index (χ1n) is 4.25. The van der Waals surface area contributed by atoms with Crippen LogP contribution in [0.4, 0.5) is 0 Å². The van der Waals surface area contributed by atoms with E-state index in [9.17, 15) is 13.5 Å². The summed E-state index contributed by atoms with van der Waals surface area (Å²) in [5, 5.41) is 9.91. The zero-order chi connectivity index (χ0) is 11.8. The Morgan fingerprint density at radius 2 is 1.64 bits per heavy atom. The van der Waals surface area contributed by atoms with Crippen molar-refractivity contribution in [2.45, 2.75) is 36.4 Å². The zero-order valence-electron chi connectivity index (χ0n) is 8.71. The summed E-state index contributed by atoms with van der Waals surface area (Å²) in [4.78, 5) is 0. The molecule has 0 rings (SSSR count). The Hall–Kier alpha value is 0.870. The molecule has 0 amide bonds. The number of aliphatic hydroxyl groups is 1. The molecule has 3 nitrogen and oxygen atoms in total. The van der Waals surface area contributed by atoms with Gasteiger partial charge in [0.2, 0.25) is 2.57 Å². The summed E-state index contributed by atoms with van der Waals surface area (Å²) >= 11 is 6.09. The smallest absolute Gasteiger partial charge is 0.207 e. The van der Waals surface area contributed by atoms with Crippen molar-refractivity contribution in [3.05, 3.63) is 0 Å². The molecular formula is C8H16Br2O3S. The molecule has 0 bridgehead atoms. The molecule has 0 aliphatic carbocycles. The lowest BCUT2D eigenvalue weighted by atomic mass is 9.90. The molecule has 0 aromatic carbocycles. The lowest BCUT2D eigenvalue weighted by Crippen LogP contribution is -2.46. The number of hydrogen-bond donors (Lipinski definition) is 1. The first-order chi connectivity index (χ1) is 5.97. The van der Waals surface area contributed by atoms with Crippen LogP contribution in [-0.2, 0) is 9.84 Å². The van der Waals surface area contributed by atoms with Gasteiger partial charge in [0, 0.05) is 5.75 Å². The summed E-state index contributed by atoms with van der Waals surface area (Å²) in [5.41, 5.74) is -0.519. The van der Waals surface area contributed by atoms with Gasteiger partial charge in [0.15, 0.2) is 9.84 Å². The largest absolute Gasteiger partial charge is 0.389 e. The van der Waals surface area contributed by atoms with Crippen LogP contribution in [0, 0.1) is 5.41 Å². The van der Waals surface area contributed by atoms with Gasteiger partial charge in [0.25, 0.3) is 0 Å². The van der Waals surface area contributed by atoms with E-state index in [-0.39, 0.29) is 5.75 Å². The molecule has 0 aliphatic rings. The highest BCUT2D eigenvalue weighted by atomic mass is 79.9. The topological polar surface area (TPSA) is 54.4 Å². The van der Waals surface area contributed by atoms with Gasteiger partial charge in [-0.3, -0.25) is 0 Å². The molecule has 0 aliphatic heterocycles. The predicted octanol–water partition coefficient (Wildman–Crippen LogP) is 2.27. The van der Waals surface area contributed by atoms with E-state index in [1.165, 1.54) is 0 Å². The van der Waals surface area contributed by atoms with Crippen molar-refractivity contribution in [2.24, 2.45) is 5.41 Å². The van der Waals surface area contributed by atoms with E-state index < -0.39 is 23.9 Å². The van der Waals surface area contributed by atoms with E-state index in [1.54, 1.807) is 27.7 Å². The highest BCUT2D eigenvalue weighted by molar-refractivity contribution is 9.28. The van der Waals surface area contributed by atoms with Crippen molar-refractivity contribution in [3.8, 4) is 0 Å². The molecule has 0 unspecified atom stereocenters. The summed E-state index contributed by atoms with van der Waals surface area (Å²) in [5.74, 6) is -0.0311. The molecule has 0 saturated carbocycles. The summed E-state index contributed by atoms with van der Waals surface area (Å²) in [6.45, 7) is 6.88. The summed E-state index contributed by atoms with van der Waals surface area (Å²) in [6.07, 6.45) is -1.03. The van der Waals surface area contributed by atoms with Crippen molar-refractivity contribution in [1.82, 2.24) is 0 Å². The maximum atomic E-state index is 11.7. The monoisotopic (exact) mass is 350 g/mol. The molecular weight excluding hydrogens is 336 g/mol. The quantitative estimate of drug-likeness (QED) is 0.793. The van der Waals surface area contributed by atoms with Crippen molar-refractivity contribution >= 4 is 41.7 Å². The SMILES string of the molecule is CCS(=O)(=O)C(Br)(Br)[C@@H](O)C(C)(C)C. The third kappa shape index (κ3) is 2.93. The lowest BCUT2D eigenvalue weighted by Gasteiger charge is -2.35. The van der Waals surface area contributed by atoms with Gasteiger partial charge in [-0.05, 0) is 5.41 Å². The van der Waals surface area contributed by atoms with E-state index in [1.807, 2.05) is 0 Å². The fourth-order valence-electron chi connectivity index (χ4n) is 0.867. The number of alkyl halides is 2. The minimum absolute atomic E-state index is 0.0311. The van der Waals surface area contributed by atoms with E-state index >= 15 is 0 Å². The van der Waals surface area contributed by atoms with Gasteiger partial charge in [0.1, 0.15) is 0 Å². The molecule has 0 spiro atoms. The fraction of sp³-hybridized carbons (Fsp3) is 1.00. The van der Waals surface area contributed by atoms with Gasteiger partial charge in [-0.2, -0.15) is 0 Å². The molecule has 1 atom stereocenters. The highest BCUT2D eigenvalue weighted by Crippen LogP contribution is 2.43. The second kappa shape index (κ2) is 4.39. The summed E-state index contributed by atoms with van der Waals surface area (Å²) in [7, 11) is -3.40. The average Bonchev–Trinajstić information content (AvgIpc) is 2.01. The third-order valence-corrected chi connectivity index (χ3v) is 7.57. The Morgan fingerprint density at radius 3 is 1.86 bits per heavy atom. The molecule has 6 heteroatoms. The number of rotatable bonds is 3. The number of sulfone groups is 1. The minimum atomic E-state index is -3.40. The Labute approximate surface area is 102 Å². The van der Waals surface area contributed by atoms with Crippen molar-refractivity contribution in [1.29, 1.82) is 0 Å². The van der Waals surface area contributed by atoms with Gasteiger partial charge in [0.05, 0.1) is 6.10 Å². The second-order valence-corrected chi connectivity index (χ2v) is 11.3. The van der Waals surface area contributed by atoms with Crippen LogP contribution in [0.15, 0.2) is 0 Å². The first kappa shape index (κ1) is 14.9. The standard InChI is InChI=1S/C8H16Br2O3S/c1-5-14(12,13)8(9,10)6(11)7(2,3)4/h6,11H,5H2,1-4H3/t6-/m0/s1. The van der Waals surface area contributed by atoms with E-state index in [0.29, 0.717) is 0 Å². The maximum Gasteiger partial charge on any atom is 0.207 e. The molecule has 14 heavy (non-hydrogen) atoms. The molecule has 0 fully saturated rings. The Balaban J connectivity index is 5.18. The lowest BCUT2D eigenvalue weighted by molar-refractivity contribution is 0.0721. The van der Waals surface area contributed by atoms with Crippen LogP contribution in [0.1, 0.15) is 27.7 Å². The molecule has 86 valence electrons. The molecule has 0 aromatic heterocycles. The van der Waals surface area contributed by atoms with Gasteiger partial charge >= 0.3 is 0 Å². The number of aliphatic hydroxyl groups excluding tert-OH is 1. The van der Waals surface area contributed by atoms with Crippen LogP contribution in [0.25, 0.3) is 0 Å². The van der Waals surface area contributed by atoms with Crippen LogP contribution in [0.3, 0.4) is 0 Å². The number of hydrogen-bond acceptors (Lipinski definition) is 3. The van der Waals surface area contributed by atoms with Crippen molar-refractivity contribution in [3.63, 3.8) is 0 Å². The van der Waals surface area contributed by atoms with Crippen molar-refractivity contribution < 1.29 is 13.5 Å². The van der Waals surface area contributed by atoms with Gasteiger partial charge in [-0.15, -0.1) is 0 Å². The zero-order valence-corrected chi connectivity index (χ0v) is 12.7. The Morgan fingerprint density at radius 1 is 1.29 bits per heavy atom. The molecule has 0 aromatic rings. The normalized spacial score (nSPS) is 16.8. The Kier molecular flexibility index (Phi) is 4.67. The Bertz CT molecular complexity index is 290. The summed E-state index contributed by atoms with van der Waals surface area (Å²) in [6, 6.07) is 0. The third-order valence-electron chi connectivity index (χ3n) is 1.93. The molecule has 0 radical (unpaired) electrons. The van der Waals surface area contributed by atoms with Crippen LogP contribution in [-0.4, -0.2) is 27.9 Å². The van der Waals surface area contributed by atoms with E-state index in [4.69, 9.17) is 0 Å². The molecule has 0 heterocycles. The fourth-order valence-corrected chi connectivity index (χ4v) is 4.69. The van der Waals surface area contributed by atoms with Gasteiger partial charge < -0.3 is 5.11 Å². The van der Waals surface area contributed by atoms with Crippen LogP contribution >= 0.6 is 31.9 Å². The van der Waals surface area contributed by atoms with Gasteiger partial charge in [-0.1, -0.05) is 59.6 Å². The average molecular weight is 352 g/mol. The maximum absolute atomic E-state index is 11.7. The molecule has 1 N–H and O–H groups in total. The van der Waals surface area contributed by atoms with Crippen molar-refractivity contribution in [2.75, 3.05) is 5.75 Å². The molecule has 0 saturated heterocycles. The second-order valence-electron chi connectivity index (χ2n) is 4.23. The van der Waals surface area contributed by atoms with E-state index in [2.05, 4.69) is 31.9 Å². The number of halogens is 2. The predicted molar refractivity (Wildman–Crippen MR) is 65.5 cm³/mol. The first-order valence-corrected chi connectivity index (χ1v) is 7.49. The minimum Gasteiger partial charge on any atom is -0.389 e. The van der Waals surface area contributed by atoms with Crippen LogP contribution < -0.4 is 0 Å². The van der Waals surface area contributed by atoms with E-state index in [0.717, 1.165) is 0 Å². The van der Waals surface area contributed by atoms with Crippen LogP contribution in [0.5, 0.6) is 0 Å². The summed E-state index contributed by atoms with van der Waals surface area (Å²) < 4.78 is 21.9. The van der Waals surface area contributed by atoms with Crippen LogP contribution in [0.2, 0.25) is 0 Å². The highest BCUT2D eigenvalue weighted by Gasteiger charge is 2.49.